The molecule has 0 unspecified atom stereocenters. The average Bonchev–Trinajstić information content (AvgIpc) is 2.30. The van der Waals surface area contributed by atoms with Gasteiger partial charge in [-0.25, -0.2) is 4.98 Å². The van der Waals surface area contributed by atoms with E-state index in [0.717, 1.165) is 31.6 Å². The van der Waals surface area contributed by atoms with Crippen molar-refractivity contribution in [2.75, 3.05) is 18.4 Å². The smallest absolute Gasteiger partial charge is 0.226 e. The van der Waals surface area contributed by atoms with Gasteiger partial charge in [-0.3, -0.25) is 9.78 Å². The summed E-state index contributed by atoms with van der Waals surface area (Å²) >= 11 is 0. The molecular formula is C11H14N4O. The number of hydrogen-bond donors (Lipinski definition) is 2. The molecular weight excluding hydrogens is 204 g/mol. The molecule has 5 nitrogen and oxygen atoms in total. The number of nitrogens with zero attached hydrogens (tertiary/aromatic N) is 2. The average molecular weight is 218 g/mol. The molecule has 1 spiro atoms. The van der Waals surface area contributed by atoms with E-state index in [-0.39, 0.29) is 11.3 Å². The summed E-state index contributed by atoms with van der Waals surface area (Å²) in [5, 5.41) is 6.12. The third kappa shape index (κ3) is 1.39. The number of hydrogen-bond acceptors (Lipinski definition) is 4. The molecule has 0 radical (unpaired) electrons. The molecule has 0 aliphatic carbocycles. The van der Waals surface area contributed by atoms with Crippen molar-refractivity contribution in [2.24, 2.45) is 0 Å². The van der Waals surface area contributed by atoms with Crippen molar-refractivity contribution < 1.29 is 4.79 Å². The Hall–Kier alpha value is -1.49. The quantitative estimate of drug-likeness (QED) is 0.663. The van der Waals surface area contributed by atoms with E-state index in [1.807, 2.05) is 0 Å². The van der Waals surface area contributed by atoms with Crippen molar-refractivity contribution in [1.29, 1.82) is 0 Å². The van der Waals surface area contributed by atoms with E-state index in [1.54, 1.807) is 12.4 Å². The molecule has 1 aromatic rings. The molecule has 2 N–H and O–H groups in total. The van der Waals surface area contributed by atoms with E-state index in [0.29, 0.717) is 12.2 Å². The van der Waals surface area contributed by atoms with Crippen LogP contribution in [0.15, 0.2) is 12.4 Å². The van der Waals surface area contributed by atoms with Crippen molar-refractivity contribution in [3.8, 4) is 0 Å². The number of aromatic nitrogens is 2. The topological polar surface area (TPSA) is 66.9 Å². The van der Waals surface area contributed by atoms with Gasteiger partial charge in [0.2, 0.25) is 5.91 Å². The first-order chi connectivity index (χ1) is 7.80. The van der Waals surface area contributed by atoms with Gasteiger partial charge in [-0.15, -0.1) is 0 Å². The molecule has 3 rings (SSSR count). The van der Waals surface area contributed by atoms with Crippen molar-refractivity contribution in [3.63, 3.8) is 0 Å². The lowest BCUT2D eigenvalue weighted by atomic mass is 9.71. The van der Waals surface area contributed by atoms with Crippen LogP contribution in [0.25, 0.3) is 0 Å². The molecule has 1 amide bonds. The standard InChI is InChI=1S/C11H14N4O/c16-8-7-11(1-3-12-4-2-11)9-10(15-8)14-6-5-13-9/h5-6,12H,1-4,7H2,(H,14,15,16). The zero-order valence-corrected chi connectivity index (χ0v) is 8.99. The first-order valence-electron chi connectivity index (χ1n) is 5.62. The summed E-state index contributed by atoms with van der Waals surface area (Å²) in [6.45, 7) is 1.90. The molecule has 16 heavy (non-hydrogen) atoms. The summed E-state index contributed by atoms with van der Waals surface area (Å²) in [7, 11) is 0. The van der Waals surface area contributed by atoms with E-state index in [9.17, 15) is 4.79 Å². The lowest BCUT2D eigenvalue weighted by molar-refractivity contribution is -0.118. The van der Waals surface area contributed by atoms with Gasteiger partial charge in [0.25, 0.3) is 0 Å². The lowest BCUT2D eigenvalue weighted by Gasteiger charge is -2.39. The van der Waals surface area contributed by atoms with Crippen LogP contribution in [0.5, 0.6) is 0 Å². The highest BCUT2D eigenvalue weighted by atomic mass is 16.1. The maximum absolute atomic E-state index is 11.7. The highest BCUT2D eigenvalue weighted by Crippen LogP contribution is 2.41. The Labute approximate surface area is 93.7 Å². The Morgan fingerprint density at radius 2 is 1.94 bits per heavy atom. The minimum atomic E-state index is -0.0861. The van der Waals surface area contributed by atoms with Crippen LogP contribution in [0.1, 0.15) is 25.0 Å². The van der Waals surface area contributed by atoms with Crippen molar-refractivity contribution in [3.05, 3.63) is 18.1 Å². The van der Waals surface area contributed by atoms with Crippen LogP contribution in [-0.4, -0.2) is 29.0 Å². The zero-order valence-electron chi connectivity index (χ0n) is 8.99. The molecule has 0 saturated carbocycles. The normalized spacial score (nSPS) is 22.6. The number of piperidine rings is 1. The number of amides is 1. The maximum atomic E-state index is 11.7. The first-order valence-corrected chi connectivity index (χ1v) is 5.62. The van der Waals surface area contributed by atoms with Crippen LogP contribution in [0.2, 0.25) is 0 Å². The third-order valence-electron chi connectivity index (χ3n) is 3.52. The molecule has 0 atom stereocenters. The molecule has 5 heteroatoms. The molecule has 3 heterocycles. The van der Waals surface area contributed by atoms with Gasteiger partial charge in [-0.2, -0.15) is 0 Å². The summed E-state index contributed by atoms with van der Waals surface area (Å²) in [5.74, 6) is 0.718. The van der Waals surface area contributed by atoms with Crippen LogP contribution in [0.3, 0.4) is 0 Å². The lowest BCUT2D eigenvalue weighted by Crippen LogP contribution is -2.46. The Morgan fingerprint density at radius 3 is 2.75 bits per heavy atom. The summed E-state index contributed by atoms with van der Waals surface area (Å²) in [6.07, 6.45) is 5.80. The predicted octanol–water partition coefficient (Wildman–Crippen LogP) is 0.440. The molecule has 1 aromatic heterocycles. The zero-order chi connectivity index (χ0) is 11.0. The Balaban J connectivity index is 2.08. The number of nitrogens with one attached hydrogen (secondary N) is 2. The van der Waals surface area contributed by atoms with Crippen molar-refractivity contribution in [1.82, 2.24) is 15.3 Å². The Kier molecular flexibility index (Phi) is 2.14. The van der Waals surface area contributed by atoms with Gasteiger partial charge in [0.05, 0.1) is 5.69 Å². The van der Waals surface area contributed by atoms with Gasteiger partial charge in [0, 0.05) is 24.2 Å². The van der Waals surface area contributed by atoms with Gasteiger partial charge < -0.3 is 10.6 Å². The van der Waals surface area contributed by atoms with Crippen molar-refractivity contribution >= 4 is 11.7 Å². The first kappa shape index (κ1) is 9.72. The number of fused-ring (bicyclic) bond motifs is 2. The minimum Gasteiger partial charge on any atom is -0.317 e. The van der Waals surface area contributed by atoms with Crippen LogP contribution in [-0.2, 0) is 10.2 Å². The van der Waals surface area contributed by atoms with E-state index >= 15 is 0 Å². The molecule has 2 aliphatic rings. The second-order valence-corrected chi connectivity index (χ2v) is 4.51. The molecule has 1 saturated heterocycles. The van der Waals surface area contributed by atoms with E-state index in [2.05, 4.69) is 20.6 Å². The molecule has 2 aliphatic heterocycles. The van der Waals surface area contributed by atoms with E-state index in [4.69, 9.17) is 0 Å². The van der Waals surface area contributed by atoms with Crippen LogP contribution < -0.4 is 10.6 Å². The molecule has 1 fully saturated rings. The van der Waals surface area contributed by atoms with Gasteiger partial charge in [-0.05, 0) is 25.9 Å². The van der Waals surface area contributed by atoms with Gasteiger partial charge in [-0.1, -0.05) is 0 Å². The fraction of sp³-hybridized carbons (Fsp3) is 0.545. The summed E-state index contributed by atoms with van der Waals surface area (Å²) in [4.78, 5) is 20.3. The second kappa shape index (κ2) is 3.52. The highest BCUT2D eigenvalue weighted by molar-refractivity contribution is 5.94. The SMILES string of the molecule is O=C1CC2(CCNCC2)c2nccnc2N1. The van der Waals surface area contributed by atoms with Gasteiger partial charge in [0.15, 0.2) is 5.82 Å². The third-order valence-corrected chi connectivity index (χ3v) is 3.52. The van der Waals surface area contributed by atoms with Crippen molar-refractivity contribution in [2.45, 2.75) is 24.7 Å². The molecule has 0 aromatic carbocycles. The number of anilines is 1. The Morgan fingerprint density at radius 1 is 1.19 bits per heavy atom. The highest BCUT2D eigenvalue weighted by Gasteiger charge is 2.42. The fourth-order valence-electron chi connectivity index (χ4n) is 2.70. The minimum absolute atomic E-state index is 0.0647. The number of carbonyl (C=O) groups is 1. The van der Waals surface area contributed by atoms with Gasteiger partial charge in [0.1, 0.15) is 0 Å². The summed E-state index contributed by atoms with van der Waals surface area (Å²) in [6, 6.07) is 0. The van der Waals surface area contributed by atoms with Crippen LogP contribution in [0, 0.1) is 0 Å². The monoisotopic (exact) mass is 218 g/mol. The van der Waals surface area contributed by atoms with E-state index in [1.165, 1.54) is 0 Å². The largest absolute Gasteiger partial charge is 0.317 e. The number of carbonyl (C=O) groups excluding carboxylic acids is 1. The van der Waals surface area contributed by atoms with Crippen LogP contribution >= 0.6 is 0 Å². The van der Waals surface area contributed by atoms with Gasteiger partial charge >= 0.3 is 0 Å². The number of rotatable bonds is 0. The predicted molar refractivity (Wildman–Crippen MR) is 59.1 cm³/mol. The summed E-state index contributed by atoms with van der Waals surface area (Å²) < 4.78 is 0. The maximum Gasteiger partial charge on any atom is 0.226 e. The van der Waals surface area contributed by atoms with Crippen LogP contribution in [0.4, 0.5) is 5.82 Å². The second-order valence-electron chi connectivity index (χ2n) is 4.51. The molecule has 84 valence electrons. The fourth-order valence-corrected chi connectivity index (χ4v) is 2.70. The molecule has 0 bridgehead atoms. The Bertz CT molecular complexity index is 426. The summed E-state index contributed by atoms with van der Waals surface area (Å²) in [5.41, 5.74) is 0.882. The van der Waals surface area contributed by atoms with E-state index < -0.39 is 0 Å².